The van der Waals surface area contributed by atoms with Gasteiger partial charge < -0.3 is 14.5 Å². The Hall–Kier alpha value is -1.52. The van der Waals surface area contributed by atoms with Gasteiger partial charge in [0.15, 0.2) is 6.23 Å². The summed E-state index contributed by atoms with van der Waals surface area (Å²) in [5, 5.41) is 1.79. The number of methoxy groups -OCH3 is 1. The molecule has 0 radical (unpaired) electrons. The Labute approximate surface area is 107 Å². The van der Waals surface area contributed by atoms with Gasteiger partial charge >= 0.3 is 0 Å². The van der Waals surface area contributed by atoms with E-state index in [2.05, 4.69) is 30.1 Å². The van der Waals surface area contributed by atoms with Crippen LogP contribution in [0, 0.1) is 0 Å². The quantitative estimate of drug-likeness (QED) is 0.796. The maximum Gasteiger partial charge on any atom is 0.186 e. The fourth-order valence-electron chi connectivity index (χ4n) is 2.51. The monoisotopic (exact) mass is 246 g/mol. The highest BCUT2D eigenvalue weighted by Crippen LogP contribution is 2.28. The summed E-state index contributed by atoms with van der Waals surface area (Å²) in [7, 11) is 3.84. The van der Waals surface area contributed by atoms with Crippen LogP contribution >= 0.6 is 0 Å². The third-order valence-corrected chi connectivity index (χ3v) is 3.54. The first-order chi connectivity index (χ1) is 8.78. The number of rotatable bonds is 2. The van der Waals surface area contributed by atoms with E-state index in [0.717, 1.165) is 25.2 Å². The van der Waals surface area contributed by atoms with Crippen LogP contribution in [0.2, 0.25) is 0 Å². The van der Waals surface area contributed by atoms with Crippen molar-refractivity contribution in [3.05, 3.63) is 41.7 Å². The average Bonchev–Trinajstić information content (AvgIpc) is 2.86. The number of hydrogen-bond donors (Lipinski definition) is 0. The molecule has 2 aliphatic rings. The third kappa shape index (κ3) is 1.98. The van der Waals surface area contributed by atoms with Crippen LogP contribution in [-0.2, 0) is 22.5 Å². The zero-order chi connectivity index (χ0) is 12.5. The molecule has 1 unspecified atom stereocenters. The molecule has 0 fully saturated rings. The van der Waals surface area contributed by atoms with Crippen molar-refractivity contribution in [2.24, 2.45) is 0 Å². The number of likely N-dealkylation sites (N-methyl/N-ethyl adjacent to an activating group) is 1. The Morgan fingerprint density at radius 1 is 1.33 bits per heavy atom. The van der Waals surface area contributed by atoms with Crippen molar-refractivity contribution in [2.45, 2.75) is 19.2 Å². The van der Waals surface area contributed by atoms with Crippen LogP contribution in [0.3, 0.4) is 0 Å². The van der Waals surface area contributed by atoms with Crippen molar-refractivity contribution >= 4 is 5.69 Å². The summed E-state index contributed by atoms with van der Waals surface area (Å²) in [4.78, 5) is 7.81. The molecule has 0 aliphatic carbocycles. The van der Waals surface area contributed by atoms with Gasteiger partial charge in [-0.3, -0.25) is 0 Å². The first kappa shape index (κ1) is 11.6. The molecule has 3 rings (SSSR count). The van der Waals surface area contributed by atoms with E-state index in [4.69, 9.17) is 9.57 Å². The number of hydroxylamine groups is 1. The largest absolute Gasteiger partial charge is 0.385 e. The maximum absolute atomic E-state index is 5.47. The Morgan fingerprint density at radius 3 is 3.06 bits per heavy atom. The standard InChI is InChI=1S/C14H18N2O2/c1-15-7-5-11-3-4-13(9-12(11)10-15)16-14(17-2)6-8-18-16/h3-4,6,8-9,14H,5,7,10H2,1-2H3. The zero-order valence-electron chi connectivity index (χ0n) is 10.8. The van der Waals surface area contributed by atoms with Crippen LogP contribution in [0.15, 0.2) is 30.5 Å². The van der Waals surface area contributed by atoms with Gasteiger partial charge in [0.05, 0.1) is 5.69 Å². The lowest BCUT2D eigenvalue weighted by Gasteiger charge is -2.28. The van der Waals surface area contributed by atoms with Crippen LogP contribution < -0.4 is 5.06 Å². The van der Waals surface area contributed by atoms with Crippen LogP contribution in [0.1, 0.15) is 11.1 Å². The van der Waals surface area contributed by atoms with Gasteiger partial charge in [0, 0.05) is 26.3 Å². The lowest BCUT2D eigenvalue weighted by molar-refractivity contribution is 0.0726. The highest BCUT2D eigenvalue weighted by molar-refractivity contribution is 5.51. The van der Waals surface area contributed by atoms with Gasteiger partial charge in [-0.25, -0.2) is 0 Å². The number of nitrogens with zero attached hydrogens (tertiary/aromatic N) is 2. The molecule has 2 heterocycles. The molecule has 0 saturated carbocycles. The summed E-state index contributed by atoms with van der Waals surface area (Å²) in [6, 6.07) is 6.50. The number of fused-ring (bicyclic) bond motifs is 1. The second-order valence-electron chi connectivity index (χ2n) is 4.83. The molecular weight excluding hydrogens is 228 g/mol. The van der Waals surface area contributed by atoms with Crippen molar-refractivity contribution in [3.8, 4) is 0 Å². The SMILES string of the molecule is COC1C=CON1c1ccc2c(c1)CN(C)CC2. The molecule has 4 nitrogen and oxygen atoms in total. The summed E-state index contributed by atoms with van der Waals surface area (Å²) in [6.45, 7) is 2.14. The molecule has 4 heteroatoms. The summed E-state index contributed by atoms with van der Waals surface area (Å²) >= 11 is 0. The van der Waals surface area contributed by atoms with E-state index >= 15 is 0 Å². The minimum Gasteiger partial charge on any atom is -0.385 e. The van der Waals surface area contributed by atoms with Crippen molar-refractivity contribution < 1.29 is 9.57 Å². The highest BCUT2D eigenvalue weighted by atomic mass is 16.7. The Morgan fingerprint density at radius 2 is 2.22 bits per heavy atom. The number of anilines is 1. The molecule has 96 valence electrons. The van der Waals surface area contributed by atoms with Crippen molar-refractivity contribution in [2.75, 3.05) is 25.8 Å². The fraction of sp³-hybridized carbons (Fsp3) is 0.429. The fourth-order valence-corrected chi connectivity index (χ4v) is 2.51. The first-order valence-corrected chi connectivity index (χ1v) is 6.24. The van der Waals surface area contributed by atoms with Crippen LogP contribution in [0.4, 0.5) is 5.69 Å². The zero-order valence-corrected chi connectivity index (χ0v) is 10.8. The molecule has 1 aromatic carbocycles. The van der Waals surface area contributed by atoms with E-state index in [1.165, 1.54) is 11.1 Å². The molecule has 2 aliphatic heterocycles. The lowest BCUT2D eigenvalue weighted by atomic mass is 9.99. The molecule has 18 heavy (non-hydrogen) atoms. The molecular formula is C14H18N2O2. The first-order valence-electron chi connectivity index (χ1n) is 6.24. The van der Waals surface area contributed by atoms with Crippen molar-refractivity contribution in [1.82, 2.24) is 4.90 Å². The number of ether oxygens (including phenoxy) is 1. The van der Waals surface area contributed by atoms with Gasteiger partial charge in [-0.05, 0) is 36.7 Å². The topological polar surface area (TPSA) is 24.9 Å². The Bertz CT molecular complexity index is 473. The molecule has 1 atom stereocenters. The Balaban J connectivity index is 1.88. The van der Waals surface area contributed by atoms with E-state index in [9.17, 15) is 0 Å². The lowest BCUT2D eigenvalue weighted by Crippen LogP contribution is -2.31. The molecule has 1 aromatic rings. The van der Waals surface area contributed by atoms with E-state index < -0.39 is 0 Å². The second-order valence-corrected chi connectivity index (χ2v) is 4.83. The molecule has 0 aromatic heterocycles. The smallest absolute Gasteiger partial charge is 0.186 e. The van der Waals surface area contributed by atoms with Gasteiger partial charge in [-0.2, -0.15) is 5.06 Å². The van der Waals surface area contributed by atoms with Crippen molar-refractivity contribution in [1.29, 1.82) is 0 Å². The van der Waals surface area contributed by atoms with Gasteiger partial charge in [-0.15, -0.1) is 0 Å². The maximum atomic E-state index is 5.47. The predicted octanol–water partition coefficient (Wildman–Crippen LogP) is 1.91. The second kappa shape index (κ2) is 4.63. The highest BCUT2D eigenvalue weighted by Gasteiger charge is 2.23. The number of hydrogen-bond acceptors (Lipinski definition) is 4. The molecule has 0 N–H and O–H groups in total. The van der Waals surface area contributed by atoms with E-state index in [1.807, 2.05) is 6.08 Å². The molecule has 0 bridgehead atoms. The van der Waals surface area contributed by atoms with Crippen LogP contribution in [0.25, 0.3) is 0 Å². The minimum atomic E-state index is -0.135. The van der Waals surface area contributed by atoms with Crippen molar-refractivity contribution in [3.63, 3.8) is 0 Å². The molecule has 0 amide bonds. The van der Waals surface area contributed by atoms with E-state index in [-0.39, 0.29) is 6.23 Å². The van der Waals surface area contributed by atoms with Gasteiger partial charge in [-0.1, -0.05) is 6.07 Å². The summed E-state index contributed by atoms with van der Waals surface area (Å²) < 4.78 is 5.35. The summed E-state index contributed by atoms with van der Waals surface area (Å²) in [5.74, 6) is 0. The Kier molecular flexibility index (Phi) is 2.97. The summed E-state index contributed by atoms with van der Waals surface area (Å²) in [5.41, 5.74) is 3.87. The minimum absolute atomic E-state index is 0.135. The third-order valence-electron chi connectivity index (χ3n) is 3.54. The van der Waals surface area contributed by atoms with Crippen LogP contribution in [-0.4, -0.2) is 31.8 Å². The van der Waals surface area contributed by atoms with Crippen LogP contribution in [0.5, 0.6) is 0 Å². The van der Waals surface area contributed by atoms with E-state index in [0.29, 0.717) is 0 Å². The average molecular weight is 246 g/mol. The predicted molar refractivity (Wildman–Crippen MR) is 70.0 cm³/mol. The van der Waals surface area contributed by atoms with Gasteiger partial charge in [0.2, 0.25) is 0 Å². The number of benzene rings is 1. The normalized spacial score (nSPS) is 23.0. The van der Waals surface area contributed by atoms with E-state index in [1.54, 1.807) is 18.4 Å². The van der Waals surface area contributed by atoms with Gasteiger partial charge in [0.1, 0.15) is 6.26 Å². The summed E-state index contributed by atoms with van der Waals surface area (Å²) in [6.07, 6.45) is 4.55. The molecule has 0 saturated heterocycles. The molecule has 0 spiro atoms. The van der Waals surface area contributed by atoms with Gasteiger partial charge in [0.25, 0.3) is 0 Å².